The second-order valence-corrected chi connectivity index (χ2v) is 9.02. The molecule has 1 aliphatic heterocycles. The average Bonchev–Trinajstić information content (AvgIpc) is 3.21. The molecule has 3 aromatic carbocycles. The number of carbonyl (C=O) groups is 1. The van der Waals surface area contributed by atoms with Crippen LogP contribution in [0.3, 0.4) is 0 Å². The molecule has 174 valence electrons. The van der Waals surface area contributed by atoms with Gasteiger partial charge in [0.1, 0.15) is 30.3 Å². The minimum atomic E-state index is -0.689. The summed E-state index contributed by atoms with van der Waals surface area (Å²) >= 11 is 12.0. The smallest absolute Gasteiger partial charge is 0.221 e. The number of aliphatic hydroxyl groups excluding tert-OH is 1. The lowest BCUT2D eigenvalue weighted by Gasteiger charge is -2.21. The van der Waals surface area contributed by atoms with Gasteiger partial charge in [0.25, 0.3) is 0 Å². The van der Waals surface area contributed by atoms with Crippen molar-refractivity contribution in [3.63, 3.8) is 0 Å². The van der Waals surface area contributed by atoms with Crippen molar-refractivity contribution < 1.29 is 19.4 Å². The molecule has 0 spiro atoms. The van der Waals surface area contributed by atoms with Crippen LogP contribution >= 0.6 is 23.2 Å². The van der Waals surface area contributed by atoms with Gasteiger partial charge < -0.3 is 19.9 Å². The summed E-state index contributed by atoms with van der Waals surface area (Å²) in [7, 11) is 0. The van der Waals surface area contributed by atoms with Crippen LogP contribution in [0.15, 0.2) is 54.6 Å². The summed E-state index contributed by atoms with van der Waals surface area (Å²) in [6, 6.07) is 16.8. The second-order valence-electron chi connectivity index (χ2n) is 8.21. The Kier molecular flexibility index (Phi) is 7.60. The van der Waals surface area contributed by atoms with Crippen LogP contribution < -0.4 is 14.8 Å². The Labute approximate surface area is 203 Å². The monoisotopic (exact) mass is 488 g/mol. The summed E-state index contributed by atoms with van der Waals surface area (Å²) < 4.78 is 11.9. The highest BCUT2D eigenvalue weighted by Gasteiger charge is 2.26. The molecule has 33 heavy (non-hydrogen) atoms. The average molecular weight is 489 g/mol. The summed E-state index contributed by atoms with van der Waals surface area (Å²) in [6.07, 6.45) is 0.179. The van der Waals surface area contributed by atoms with E-state index < -0.39 is 6.10 Å². The van der Waals surface area contributed by atoms with Gasteiger partial charge in [0.05, 0.1) is 15.7 Å². The zero-order chi connectivity index (χ0) is 23.4. The molecule has 3 aromatic rings. The molecule has 1 fully saturated rings. The van der Waals surface area contributed by atoms with Crippen LogP contribution in [0.1, 0.15) is 13.3 Å². The van der Waals surface area contributed by atoms with Gasteiger partial charge in [-0.25, -0.2) is 0 Å². The van der Waals surface area contributed by atoms with Crippen LogP contribution in [0.2, 0.25) is 10.0 Å². The molecule has 2 unspecified atom stereocenters. The highest BCUT2D eigenvalue weighted by Crippen LogP contribution is 2.31. The molecule has 1 amide bonds. The first kappa shape index (κ1) is 23.6. The number of benzene rings is 3. The quantitative estimate of drug-likeness (QED) is 0.466. The number of rotatable bonds is 8. The fraction of sp³-hybridized carbons (Fsp3) is 0.320. The Hall–Kier alpha value is -2.51. The summed E-state index contributed by atoms with van der Waals surface area (Å²) in [6.45, 7) is 3.54. The van der Waals surface area contributed by atoms with Gasteiger partial charge in [0.2, 0.25) is 5.91 Å². The van der Waals surface area contributed by atoms with Crippen LogP contribution in [0, 0.1) is 0 Å². The van der Waals surface area contributed by atoms with Crippen LogP contribution in [0.5, 0.6) is 11.5 Å². The van der Waals surface area contributed by atoms with Crippen molar-refractivity contribution in [3.8, 4) is 11.5 Å². The van der Waals surface area contributed by atoms with E-state index in [0.717, 1.165) is 23.7 Å². The van der Waals surface area contributed by atoms with Gasteiger partial charge in [-0.1, -0.05) is 47.5 Å². The number of fused-ring (bicyclic) bond motifs is 1. The van der Waals surface area contributed by atoms with Gasteiger partial charge in [-0.05, 0) is 41.5 Å². The van der Waals surface area contributed by atoms with Crippen LogP contribution in [-0.2, 0) is 4.79 Å². The van der Waals surface area contributed by atoms with E-state index in [1.165, 1.54) is 6.92 Å². The maximum Gasteiger partial charge on any atom is 0.221 e. The molecule has 4 rings (SSSR count). The van der Waals surface area contributed by atoms with Crippen LogP contribution in [0.4, 0.5) is 5.69 Å². The van der Waals surface area contributed by atoms with Crippen LogP contribution in [0.25, 0.3) is 10.8 Å². The van der Waals surface area contributed by atoms with E-state index in [4.69, 9.17) is 32.7 Å². The van der Waals surface area contributed by atoms with Gasteiger partial charge in [-0.2, -0.15) is 0 Å². The number of hydrogen-bond donors (Lipinski definition) is 2. The van der Waals surface area contributed by atoms with Gasteiger partial charge in [-0.15, -0.1) is 0 Å². The number of nitrogens with one attached hydrogen (secondary N) is 1. The highest BCUT2D eigenvalue weighted by molar-refractivity contribution is 6.42. The summed E-state index contributed by atoms with van der Waals surface area (Å²) in [5.41, 5.74) is 0.588. The number of carbonyl (C=O) groups excluding carboxylic acids is 1. The number of anilines is 1. The van der Waals surface area contributed by atoms with E-state index in [9.17, 15) is 9.90 Å². The standard InChI is InChI=1S/C25H26Cl2N2O4/c1-16(30)28-24-10-17-4-2-3-5-18(17)11-25(24)32-15-19(31)13-29-9-8-21(14-29)33-20-6-7-22(26)23(27)12-20/h2-7,10-12,19,21,31H,8-9,13-15H2,1H3,(H,28,30). The minimum Gasteiger partial charge on any atom is -0.489 e. The Morgan fingerprint density at radius 2 is 1.91 bits per heavy atom. The first-order valence-electron chi connectivity index (χ1n) is 10.8. The van der Waals surface area contributed by atoms with Gasteiger partial charge in [0, 0.05) is 32.6 Å². The Bertz CT molecular complexity index is 1140. The van der Waals surface area contributed by atoms with Crippen molar-refractivity contribution in [1.29, 1.82) is 0 Å². The maximum atomic E-state index is 11.6. The third kappa shape index (κ3) is 6.30. The number of likely N-dealkylation sites (tertiary alicyclic amines) is 1. The van der Waals surface area contributed by atoms with Crippen molar-refractivity contribution in [3.05, 3.63) is 64.6 Å². The first-order valence-corrected chi connectivity index (χ1v) is 11.6. The SMILES string of the molecule is CC(=O)Nc1cc2ccccc2cc1OCC(O)CN1CCC(Oc2ccc(Cl)c(Cl)c2)C1. The van der Waals surface area contributed by atoms with Crippen molar-refractivity contribution in [2.45, 2.75) is 25.6 Å². The van der Waals surface area contributed by atoms with E-state index >= 15 is 0 Å². The normalized spacial score (nSPS) is 17.2. The molecular formula is C25H26Cl2N2O4. The maximum absolute atomic E-state index is 11.6. The molecule has 8 heteroatoms. The molecule has 1 saturated heterocycles. The zero-order valence-corrected chi connectivity index (χ0v) is 19.8. The zero-order valence-electron chi connectivity index (χ0n) is 18.3. The topological polar surface area (TPSA) is 71.0 Å². The third-order valence-corrected chi connectivity index (χ3v) is 6.22. The third-order valence-electron chi connectivity index (χ3n) is 5.48. The van der Waals surface area contributed by atoms with E-state index in [0.29, 0.717) is 40.3 Å². The van der Waals surface area contributed by atoms with Crippen molar-refractivity contribution in [2.24, 2.45) is 0 Å². The number of nitrogens with zero attached hydrogens (tertiary/aromatic N) is 1. The fourth-order valence-electron chi connectivity index (χ4n) is 3.96. The predicted octanol–water partition coefficient (Wildman–Crippen LogP) is 5.00. The molecule has 1 heterocycles. The van der Waals surface area contributed by atoms with Gasteiger partial charge in [-0.3, -0.25) is 9.69 Å². The van der Waals surface area contributed by atoms with Crippen molar-refractivity contribution in [1.82, 2.24) is 4.90 Å². The molecule has 0 saturated carbocycles. The van der Waals surface area contributed by atoms with E-state index in [2.05, 4.69) is 10.2 Å². The Morgan fingerprint density at radius 3 is 2.64 bits per heavy atom. The fourth-order valence-corrected chi connectivity index (χ4v) is 4.25. The van der Waals surface area contributed by atoms with E-state index in [1.54, 1.807) is 18.2 Å². The molecule has 2 atom stereocenters. The van der Waals surface area contributed by atoms with Crippen LogP contribution in [-0.4, -0.2) is 54.4 Å². The molecule has 1 aliphatic rings. The Morgan fingerprint density at radius 1 is 1.15 bits per heavy atom. The predicted molar refractivity (Wildman–Crippen MR) is 132 cm³/mol. The number of halogens is 2. The molecule has 0 radical (unpaired) electrons. The molecule has 6 nitrogen and oxygen atoms in total. The van der Waals surface area contributed by atoms with Gasteiger partial charge >= 0.3 is 0 Å². The summed E-state index contributed by atoms with van der Waals surface area (Å²) in [5, 5.41) is 16.3. The van der Waals surface area contributed by atoms with Gasteiger partial charge in [0.15, 0.2) is 0 Å². The number of aliphatic hydroxyl groups is 1. The lowest BCUT2D eigenvalue weighted by Crippen LogP contribution is -2.35. The summed E-state index contributed by atoms with van der Waals surface area (Å²) in [4.78, 5) is 13.8. The second kappa shape index (κ2) is 10.6. The number of amides is 1. The molecule has 2 N–H and O–H groups in total. The molecular weight excluding hydrogens is 463 g/mol. The molecule has 0 bridgehead atoms. The number of β-amino-alcohol motifs (C(OH)–C–C–N with tert-alkyl or cyclic N) is 1. The van der Waals surface area contributed by atoms with Crippen molar-refractivity contribution >= 4 is 45.6 Å². The highest BCUT2D eigenvalue weighted by atomic mass is 35.5. The molecule has 0 aromatic heterocycles. The number of ether oxygens (including phenoxy) is 2. The lowest BCUT2D eigenvalue weighted by molar-refractivity contribution is -0.114. The van der Waals surface area contributed by atoms with E-state index in [-0.39, 0.29) is 18.6 Å². The lowest BCUT2D eigenvalue weighted by atomic mass is 10.1. The molecule has 0 aliphatic carbocycles. The number of hydrogen-bond acceptors (Lipinski definition) is 5. The summed E-state index contributed by atoms with van der Waals surface area (Å²) in [5.74, 6) is 1.04. The van der Waals surface area contributed by atoms with Crippen molar-refractivity contribution in [2.75, 3.05) is 31.6 Å². The minimum absolute atomic E-state index is 0.0159. The van der Waals surface area contributed by atoms with E-state index in [1.807, 2.05) is 36.4 Å². The Balaban J connectivity index is 1.32. The largest absolute Gasteiger partial charge is 0.489 e. The first-order chi connectivity index (χ1) is 15.9.